The lowest BCUT2D eigenvalue weighted by molar-refractivity contribution is 1.19. The zero-order valence-electron chi connectivity index (χ0n) is 13.5. The van der Waals surface area contributed by atoms with Gasteiger partial charge in [-0.2, -0.15) is 0 Å². The van der Waals surface area contributed by atoms with E-state index in [0.717, 1.165) is 33.3 Å². The summed E-state index contributed by atoms with van der Waals surface area (Å²) in [5, 5.41) is 4.38. The Hall–Kier alpha value is -2.72. The number of hydrogen-bond acceptors (Lipinski definition) is 3. The van der Waals surface area contributed by atoms with Crippen LogP contribution < -0.4 is 5.32 Å². The van der Waals surface area contributed by atoms with Crippen LogP contribution in [0.1, 0.15) is 11.1 Å². The summed E-state index contributed by atoms with van der Waals surface area (Å²) < 4.78 is 1.01. The number of hydrogen-bond donors (Lipinski definition) is 1. The third kappa shape index (κ3) is 3.69. The Labute approximate surface area is 154 Å². The van der Waals surface area contributed by atoms with Gasteiger partial charge in [-0.1, -0.05) is 58.4 Å². The average molecular weight is 390 g/mol. The summed E-state index contributed by atoms with van der Waals surface area (Å²) in [5.41, 5.74) is 4.53. The highest BCUT2D eigenvalue weighted by Gasteiger charge is 2.05. The van der Waals surface area contributed by atoms with Gasteiger partial charge < -0.3 is 5.32 Å². The zero-order valence-corrected chi connectivity index (χ0v) is 15.1. The fourth-order valence-corrected chi connectivity index (χ4v) is 3.16. The van der Waals surface area contributed by atoms with Gasteiger partial charge in [-0.05, 0) is 47.9 Å². The predicted molar refractivity (Wildman–Crippen MR) is 106 cm³/mol. The first-order chi connectivity index (χ1) is 12.3. The molecule has 0 spiro atoms. The smallest absolute Gasteiger partial charge is 0.141 e. The van der Waals surface area contributed by atoms with Crippen LogP contribution >= 0.6 is 15.9 Å². The molecule has 3 nitrogen and oxygen atoms in total. The van der Waals surface area contributed by atoms with Crippen molar-refractivity contribution in [3.05, 3.63) is 94.7 Å². The molecule has 1 aromatic heterocycles. The van der Waals surface area contributed by atoms with E-state index in [1.807, 2.05) is 24.3 Å². The Balaban J connectivity index is 1.56. The summed E-state index contributed by atoms with van der Waals surface area (Å²) in [6.45, 7) is 0. The lowest BCUT2D eigenvalue weighted by Gasteiger charge is -2.09. The predicted octanol–water partition coefficient (Wildman–Crippen LogP) is 5.73. The van der Waals surface area contributed by atoms with Gasteiger partial charge >= 0.3 is 0 Å². The van der Waals surface area contributed by atoms with Gasteiger partial charge in [-0.3, -0.25) is 0 Å². The van der Waals surface area contributed by atoms with Crippen molar-refractivity contribution in [2.24, 2.45) is 0 Å². The van der Waals surface area contributed by atoms with Crippen molar-refractivity contribution in [1.29, 1.82) is 0 Å². The molecule has 0 radical (unpaired) electrons. The van der Waals surface area contributed by atoms with Gasteiger partial charge in [0.05, 0.1) is 5.52 Å². The maximum Gasteiger partial charge on any atom is 0.141 e. The summed E-state index contributed by atoms with van der Waals surface area (Å²) in [4.78, 5) is 8.70. The minimum Gasteiger partial charge on any atom is -0.340 e. The number of nitrogens with zero attached hydrogens (tertiary/aromatic N) is 2. The van der Waals surface area contributed by atoms with Gasteiger partial charge in [0.2, 0.25) is 0 Å². The van der Waals surface area contributed by atoms with Gasteiger partial charge in [0, 0.05) is 15.5 Å². The van der Waals surface area contributed by atoms with Crippen LogP contribution in [-0.4, -0.2) is 9.97 Å². The molecule has 3 aromatic carbocycles. The highest BCUT2D eigenvalue weighted by atomic mass is 79.9. The van der Waals surface area contributed by atoms with Gasteiger partial charge in [0.25, 0.3) is 0 Å². The zero-order chi connectivity index (χ0) is 17.1. The van der Waals surface area contributed by atoms with Crippen molar-refractivity contribution in [3.8, 4) is 0 Å². The molecule has 25 heavy (non-hydrogen) atoms. The van der Waals surface area contributed by atoms with E-state index in [2.05, 4.69) is 79.7 Å². The molecular formula is C21H16BrN3. The quantitative estimate of drug-likeness (QED) is 0.484. The van der Waals surface area contributed by atoms with Gasteiger partial charge in [0.15, 0.2) is 0 Å². The van der Waals surface area contributed by atoms with Crippen LogP contribution in [0.4, 0.5) is 11.5 Å². The molecule has 0 aliphatic rings. The van der Waals surface area contributed by atoms with Crippen LogP contribution in [-0.2, 0) is 6.42 Å². The molecule has 0 unspecified atom stereocenters. The number of rotatable bonds is 4. The topological polar surface area (TPSA) is 37.8 Å². The van der Waals surface area contributed by atoms with Gasteiger partial charge in [-0.15, -0.1) is 0 Å². The molecule has 0 aliphatic heterocycles. The van der Waals surface area contributed by atoms with Crippen LogP contribution in [0.15, 0.2) is 83.6 Å². The van der Waals surface area contributed by atoms with Crippen LogP contribution in [0.25, 0.3) is 10.9 Å². The molecule has 0 bridgehead atoms. The van der Waals surface area contributed by atoms with E-state index in [0.29, 0.717) is 0 Å². The molecule has 4 rings (SSSR count). The van der Waals surface area contributed by atoms with E-state index in [4.69, 9.17) is 0 Å². The summed E-state index contributed by atoms with van der Waals surface area (Å²) in [6.07, 6.45) is 2.52. The summed E-state index contributed by atoms with van der Waals surface area (Å²) >= 11 is 3.51. The summed E-state index contributed by atoms with van der Waals surface area (Å²) in [5.74, 6) is 0.808. The van der Waals surface area contributed by atoms with Crippen LogP contribution in [0.2, 0.25) is 0 Å². The largest absolute Gasteiger partial charge is 0.340 e. The van der Waals surface area contributed by atoms with Crippen molar-refractivity contribution in [3.63, 3.8) is 0 Å². The Bertz CT molecular complexity index is 998. The molecule has 122 valence electrons. The third-order valence-electron chi connectivity index (χ3n) is 4.07. The first-order valence-corrected chi connectivity index (χ1v) is 8.87. The monoisotopic (exact) mass is 389 g/mol. The standard InChI is InChI=1S/C21H16BrN3/c22-17-8-11-20-19(13-17)21(24-14-23-20)25-18-9-6-16(7-10-18)12-15-4-2-1-3-5-15/h1-11,13-14H,12H2,(H,23,24,25). The molecule has 0 aliphatic carbocycles. The normalized spacial score (nSPS) is 10.8. The van der Waals surface area contributed by atoms with E-state index in [-0.39, 0.29) is 0 Å². The second-order valence-electron chi connectivity index (χ2n) is 5.87. The van der Waals surface area contributed by atoms with Gasteiger partial charge in [-0.25, -0.2) is 9.97 Å². The van der Waals surface area contributed by atoms with E-state index >= 15 is 0 Å². The molecular weight excluding hydrogens is 374 g/mol. The van der Waals surface area contributed by atoms with E-state index in [1.165, 1.54) is 11.1 Å². The summed E-state index contributed by atoms with van der Waals surface area (Å²) in [7, 11) is 0. The molecule has 4 heteroatoms. The molecule has 0 saturated carbocycles. The SMILES string of the molecule is Brc1ccc2ncnc(Nc3ccc(Cc4ccccc4)cc3)c2c1. The third-order valence-corrected chi connectivity index (χ3v) is 4.56. The number of halogens is 1. The first-order valence-electron chi connectivity index (χ1n) is 8.08. The van der Waals surface area contributed by atoms with Crippen LogP contribution in [0.5, 0.6) is 0 Å². The Morgan fingerprint density at radius 3 is 2.36 bits per heavy atom. The molecule has 0 saturated heterocycles. The molecule has 0 fully saturated rings. The van der Waals surface area contributed by atoms with Crippen molar-refractivity contribution < 1.29 is 0 Å². The fraction of sp³-hybridized carbons (Fsp3) is 0.0476. The van der Waals surface area contributed by atoms with Crippen molar-refractivity contribution in [2.45, 2.75) is 6.42 Å². The second kappa shape index (κ2) is 7.03. The van der Waals surface area contributed by atoms with Crippen LogP contribution in [0.3, 0.4) is 0 Å². The lowest BCUT2D eigenvalue weighted by Crippen LogP contribution is -1.96. The maximum atomic E-state index is 4.39. The number of benzene rings is 3. The Morgan fingerprint density at radius 1 is 0.800 bits per heavy atom. The number of nitrogens with one attached hydrogen (secondary N) is 1. The highest BCUT2D eigenvalue weighted by molar-refractivity contribution is 9.10. The molecule has 0 atom stereocenters. The average Bonchev–Trinajstić information content (AvgIpc) is 2.65. The molecule has 1 heterocycles. The van der Waals surface area contributed by atoms with E-state index in [9.17, 15) is 0 Å². The molecule has 1 N–H and O–H groups in total. The number of aromatic nitrogens is 2. The minimum atomic E-state index is 0.808. The van der Waals surface area contributed by atoms with E-state index < -0.39 is 0 Å². The van der Waals surface area contributed by atoms with Crippen molar-refractivity contribution >= 4 is 38.3 Å². The fourth-order valence-electron chi connectivity index (χ4n) is 2.80. The van der Waals surface area contributed by atoms with Gasteiger partial charge in [0.1, 0.15) is 12.1 Å². The first kappa shape index (κ1) is 15.8. The number of fused-ring (bicyclic) bond motifs is 1. The van der Waals surface area contributed by atoms with Crippen molar-refractivity contribution in [1.82, 2.24) is 9.97 Å². The maximum absolute atomic E-state index is 4.39. The molecule has 4 aromatic rings. The summed E-state index contributed by atoms with van der Waals surface area (Å²) in [6, 6.07) is 25.0. The highest BCUT2D eigenvalue weighted by Crippen LogP contribution is 2.26. The minimum absolute atomic E-state index is 0.808. The lowest BCUT2D eigenvalue weighted by atomic mass is 10.0. The Kier molecular flexibility index (Phi) is 4.44. The van der Waals surface area contributed by atoms with Crippen LogP contribution in [0, 0.1) is 0 Å². The van der Waals surface area contributed by atoms with Crippen molar-refractivity contribution in [2.75, 3.05) is 5.32 Å². The van der Waals surface area contributed by atoms with E-state index in [1.54, 1.807) is 6.33 Å². The molecule has 0 amide bonds. The number of anilines is 2. The second-order valence-corrected chi connectivity index (χ2v) is 6.78. The Morgan fingerprint density at radius 2 is 1.56 bits per heavy atom.